The molecule has 8 heteroatoms. The number of furan rings is 1. The van der Waals surface area contributed by atoms with Crippen molar-refractivity contribution in [2.24, 2.45) is 4.99 Å². The monoisotopic (exact) mass is 516 g/mol. The van der Waals surface area contributed by atoms with Crippen molar-refractivity contribution in [3.05, 3.63) is 58.8 Å². The molecule has 3 rings (SSSR count). The van der Waals surface area contributed by atoms with Gasteiger partial charge in [-0.25, -0.2) is 4.39 Å². The molecule has 1 atom stereocenters. The topological polar surface area (TPSA) is 62.0 Å². The van der Waals surface area contributed by atoms with E-state index in [9.17, 15) is 4.39 Å². The number of nitrogens with zero attached hydrogens (tertiary/aromatic N) is 2. The van der Waals surface area contributed by atoms with Gasteiger partial charge in [0.2, 0.25) is 0 Å². The molecule has 1 aromatic heterocycles. The summed E-state index contributed by atoms with van der Waals surface area (Å²) in [5, 5.41) is 6.62. The van der Waals surface area contributed by atoms with E-state index < -0.39 is 0 Å². The second-order valence-electron chi connectivity index (χ2n) is 7.00. The molecule has 1 unspecified atom stereocenters. The van der Waals surface area contributed by atoms with Gasteiger partial charge in [-0.1, -0.05) is 12.1 Å². The summed E-state index contributed by atoms with van der Waals surface area (Å²) in [5.74, 6) is 2.31. The molecule has 160 valence electrons. The van der Waals surface area contributed by atoms with Gasteiger partial charge >= 0.3 is 0 Å². The van der Waals surface area contributed by atoms with E-state index in [2.05, 4.69) is 20.5 Å². The number of benzene rings is 1. The highest BCUT2D eigenvalue weighted by molar-refractivity contribution is 14.0. The number of nitrogens with one attached hydrogen (secondary N) is 2. The predicted molar refractivity (Wildman–Crippen MR) is 123 cm³/mol. The van der Waals surface area contributed by atoms with E-state index in [4.69, 9.17) is 9.15 Å². The van der Waals surface area contributed by atoms with Crippen LogP contribution in [-0.4, -0.2) is 50.8 Å². The average Bonchev–Trinajstić information content (AvgIpc) is 3.14. The second-order valence-corrected chi connectivity index (χ2v) is 7.00. The third kappa shape index (κ3) is 6.68. The van der Waals surface area contributed by atoms with Crippen molar-refractivity contribution in [2.75, 3.05) is 39.9 Å². The molecule has 29 heavy (non-hydrogen) atoms. The fraction of sp³-hybridized carbons (Fsp3) is 0.476. The number of halogens is 2. The van der Waals surface area contributed by atoms with Gasteiger partial charge in [0.15, 0.2) is 5.96 Å². The lowest BCUT2D eigenvalue weighted by molar-refractivity contribution is 0.0124. The number of hydrogen-bond acceptors (Lipinski definition) is 4. The van der Waals surface area contributed by atoms with E-state index in [1.807, 2.05) is 25.1 Å². The Morgan fingerprint density at radius 3 is 2.55 bits per heavy atom. The highest BCUT2D eigenvalue weighted by Gasteiger charge is 2.25. The Kier molecular flexibility index (Phi) is 9.38. The summed E-state index contributed by atoms with van der Waals surface area (Å²) in [7, 11) is 1.73. The van der Waals surface area contributed by atoms with Gasteiger partial charge in [0.05, 0.1) is 19.3 Å². The minimum atomic E-state index is -0.192. The molecule has 2 heterocycles. The third-order valence-corrected chi connectivity index (χ3v) is 4.96. The molecule has 1 fully saturated rings. The van der Waals surface area contributed by atoms with Crippen LogP contribution in [0.2, 0.25) is 0 Å². The first-order valence-corrected chi connectivity index (χ1v) is 9.64. The molecule has 1 aliphatic rings. The molecule has 0 aliphatic carbocycles. The van der Waals surface area contributed by atoms with Crippen molar-refractivity contribution in [2.45, 2.75) is 26.4 Å². The van der Waals surface area contributed by atoms with Crippen LogP contribution in [-0.2, 0) is 11.3 Å². The van der Waals surface area contributed by atoms with Crippen LogP contribution >= 0.6 is 24.0 Å². The number of aryl methyl sites for hydroxylation is 2. The molecule has 6 nitrogen and oxygen atoms in total. The van der Waals surface area contributed by atoms with Crippen LogP contribution in [0.15, 0.2) is 39.7 Å². The molecular formula is C21H30FIN4O2. The van der Waals surface area contributed by atoms with Crippen molar-refractivity contribution in [1.82, 2.24) is 15.5 Å². The number of ether oxygens (including phenoxy) is 1. The zero-order chi connectivity index (χ0) is 19.9. The molecule has 1 aromatic carbocycles. The largest absolute Gasteiger partial charge is 0.465 e. The van der Waals surface area contributed by atoms with Crippen molar-refractivity contribution in [3.63, 3.8) is 0 Å². The van der Waals surface area contributed by atoms with E-state index in [-0.39, 0.29) is 35.8 Å². The summed E-state index contributed by atoms with van der Waals surface area (Å²) in [6.07, 6.45) is 0. The minimum absolute atomic E-state index is 0. The summed E-state index contributed by atoms with van der Waals surface area (Å²) in [6.45, 7) is 8.03. The van der Waals surface area contributed by atoms with Crippen molar-refractivity contribution < 1.29 is 13.5 Å². The van der Waals surface area contributed by atoms with Crippen LogP contribution in [0.3, 0.4) is 0 Å². The zero-order valence-electron chi connectivity index (χ0n) is 17.2. The van der Waals surface area contributed by atoms with Gasteiger partial charge in [-0.15, -0.1) is 24.0 Å². The van der Waals surface area contributed by atoms with Crippen molar-refractivity contribution in [1.29, 1.82) is 0 Å². The SMILES string of the molecule is CN=C(NCc1ccc(C)c(F)c1)NCC(c1ccc(C)o1)N1CCOCC1.I. The molecule has 1 aliphatic heterocycles. The first-order valence-electron chi connectivity index (χ1n) is 9.64. The number of hydrogen-bond donors (Lipinski definition) is 2. The zero-order valence-corrected chi connectivity index (χ0v) is 19.5. The third-order valence-electron chi connectivity index (χ3n) is 4.96. The molecule has 0 spiro atoms. The van der Waals surface area contributed by atoms with Gasteiger partial charge in [-0.2, -0.15) is 0 Å². The molecule has 1 saturated heterocycles. The first kappa shape index (κ1) is 23.6. The maximum absolute atomic E-state index is 13.7. The van der Waals surface area contributed by atoms with E-state index in [0.717, 1.165) is 43.4 Å². The van der Waals surface area contributed by atoms with Gasteiger partial charge in [0, 0.05) is 33.2 Å². The fourth-order valence-electron chi connectivity index (χ4n) is 3.28. The molecule has 2 N–H and O–H groups in total. The van der Waals surface area contributed by atoms with Crippen LogP contribution in [0.4, 0.5) is 4.39 Å². The quantitative estimate of drug-likeness (QED) is 0.350. The van der Waals surface area contributed by atoms with Crippen molar-refractivity contribution >= 4 is 29.9 Å². The van der Waals surface area contributed by atoms with E-state index in [1.54, 1.807) is 26.1 Å². The smallest absolute Gasteiger partial charge is 0.191 e. The van der Waals surface area contributed by atoms with E-state index in [1.165, 1.54) is 0 Å². The Balaban J connectivity index is 0.00000300. The Hall–Kier alpha value is -1.65. The fourth-order valence-corrected chi connectivity index (χ4v) is 3.28. The lowest BCUT2D eigenvalue weighted by atomic mass is 10.1. The Morgan fingerprint density at radius 1 is 1.17 bits per heavy atom. The molecular weight excluding hydrogens is 486 g/mol. The predicted octanol–water partition coefficient (Wildman–Crippen LogP) is 3.39. The summed E-state index contributed by atoms with van der Waals surface area (Å²) >= 11 is 0. The van der Waals surface area contributed by atoms with Gasteiger partial charge in [0.1, 0.15) is 17.3 Å². The van der Waals surface area contributed by atoms with Crippen LogP contribution < -0.4 is 10.6 Å². The van der Waals surface area contributed by atoms with Gasteiger partial charge in [-0.3, -0.25) is 9.89 Å². The normalized spacial score (nSPS) is 16.2. The maximum atomic E-state index is 13.7. The van der Waals surface area contributed by atoms with E-state index in [0.29, 0.717) is 24.6 Å². The number of guanidine groups is 1. The molecule has 0 amide bonds. The summed E-state index contributed by atoms with van der Waals surface area (Å²) in [4.78, 5) is 6.64. The Labute approximate surface area is 188 Å². The Morgan fingerprint density at radius 2 is 1.93 bits per heavy atom. The van der Waals surface area contributed by atoms with Crippen LogP contribution in [0.1, 0.15) is 28.7 Å². The van der Waals surface area contributed by atoms with Crippen molar-refractivity contribution in [3.8, 4) is 0 Å². The summed E-state index contributed by atoms with van der Waals surface area (Å²) in [5.41, 5.74) is 1.52. The molecule has 0 radical (unpaired) electrons. The highest BCUT2D eigenvalue weighted by Crippen LogP contribution is 2.23. The summed E-state index contributed by atoms with van der Waals surface area (Å²) in [6, 6.07) is 9.37. The second kappa shape index (κ2) is 11.5. The standard InChI is InChI=1S/C21H29FN4O2.HI/c1-15-4-6-17(12-18(15)22)13-24-21(23-3)25-14-19(20-7-5-16(2)28-20)26-8-10-27-11-9-26;/h4-7,12,19H,8-11,13-14H2,1-3H3,(H2,23,24,25);1H. The molecule has 0 bridgehead atoms. The molecule has 0 saturated carbocycles. The molecule has 2 aromatic rings. The average molecular weight is 516 g/mol. The first-order chi connectivity index (χ1) is 13.6. The van der Waals surface area contributed by atoms with Gasteiger partial charge in [0.25, 0.3) is 0 Å². The number of rotatable bonds is 6. The van der Waals surface area contributed by atoms with Crippen LogP contribution in [0.5, 0.6) is 0 Å². The summed E-state index contributed by atoms with van der Waals surface area (Å²) < 4.78 is 25.1. The maximum Gasteiger partial charge on any atom is 0.191 e. The lowest BCUT2D eigenvalue weighted by Crippen LogP contribution is -2.46. The highest BCUT2D eigenvalue weighted by atomic mass is 127. The number of morpholine rings is 1. The minimum Gasteiger partial charge on any atom is -0.465 e. The van der Waals surface area contributed by atoms with E-state index >= 15 is 0 Å². The van der Waals surface area contributed by atoms with Crippen LogP contribution in [0.25, 0.3) is 0 Å². The number of aliphatic imine (C=N–C) groups is 1. The lowest BCUT2D eigenvalue weighted by Gasteiger charge is -2.33. The van der Waals surface area contributed by atoms with Gasteiger partial charge < -0.3 is 19.8 Å². The van der Waals surface area contributed by atoms with Gasteiger partial charge in [-0.05, 0) is 43.2 Å². The van der Waals surface area contributed by atoms with Crippen LogP contribution in [0, 0.1) is 19.7 Å². The Bertz CT molecular complexity index is 806.